The molecule has 2 amide bonds. The molecule has 202 valence electrons. The lowest BCUT2D eigenvalue weighted by Crippen LogP contribution is -2.26. The number of hydrogen-bond donors (Lipinski definition) is 1. The number of halogens is 4. The number of amides is 2. The van der Waals surface area contributed by atoms with E-state index in [1.165, 1.54) is 23.2 Å². The molecule has 0 bridgehead atoms. The van der Waals surface area contributed by atoms with Crippen molar-refractivity contribution < 1.29 is 22.8 Å². The molecule has 40 heavy (non-hydrogen) atoms. The molecule has 0 aliphatic carbocycles. The molecule has 0 atom stereocenters. The van der Waals surface area contributed by atoms with E-state index in [0.717, 1.165) is 16.8 Å². The van der Waals surface area contributed by atoms with E-state index in [1.807, 2.05) is 30.3 Å². The van der Waals surface area contributed by atoms with Crippen LogP contribution in [0.15, 0.2) is 97.3 Å². The van der Waals surface area contributed by atoms with Gasteiger partial charge in [-0.05, 0) is 47.3 Å². The van der Waals surface area contributed by atoms with Crippen molar-refractivity contribution in [2.45, 2.75) is 19.1 Å². The zero-order chi connectivity index (χ0) is 27.1. The summed E-state index contributed by atoms with van der Waals surface area (Å²) in [7, 11) is 0. The number of hydrogen-bond acceptors (Lipinski definition) is 3. The zero-order valence-corrected chi connectivity index (χ0v) is 21.7. The second kappa shape index (κ2) is 10.5. The minimum Gasteiger partial charge on any atom is -0.327 e. The standard InChI is InChI=1S/C30H21F3N4O2.ClH/c31-30(32,33)24-8-4-2-6-21(24)18-36-16-15-34-29(36)20-9-12-22(13-10-20)37-25-14-11-19-5-1-3-7-23(19)28(25)35-26(38)17-27(37)39;/h1-16H,17-18H2,(H,35,38);1H. The molecule has 0 spiro atoms. The molecular formula is C30H22ClF3N4O2. The number of alkyl halides is 3. The van der Waals surface area contributed by atoms with E-state index < -0.39 is 17.6 Å². The molecule has 10 heteroatoms. The third-order valence-corrected chi connectivity index (χ3v) is 6.74. The number of nitrogens with zero attached hydrogens (tertiary/aromatic N) is 3. The van der Waals surface area contributed by atoms with Gasteiger partial charge < -0.3 is 9.88 Å². The summed E-state index contributed by atoms with van der Waals surface area (Å²) < 4.78 is 42.2. The Hall–Kier alpha value is -4.63. The Bertz CT molecular complexity index is 1730. The van der Waals surface area contributed by atoms with E-state index >= 15 is 0 Å². The molecule has 6 nitrogen and oxygen atoms in total. The highest BCUT2D eigenvalue weighted by molar-refractivity contribution is 6.21. The fraction of sp³-hybridized carbons (Fsp3) is 0.100. The maximum atomic E-state index is 13.5. The molecular weight excluding hydrogens is 541 g/mol. The van der Waals surface area contributed by atoms with Gasteiger partial charge >= 0.3 is 6.18 Å². The van der Waals surface area contributed by atoms with Crippen LogP contribution in [-0.4, -0.2) is 21.4 Å². The highest BCUT2D eigenvalue weighted by atomic mass is 35.5. The van der Waals surface area contributed by atoms with E-state index in [4.69, 9.17) is 0 Å². The molecule has 5 aromatic rings. The van der Waals surface area contributed by atoms with Gasteiger partial charge in [0, 0.05) is 35.6 Å². The van der Waals surface area contributed by atoms with E-state index in [9.17, 15) is 22.8 Å². The van der Waals surface area contributed by atoms with Gasteiger partial charge in [-0.3, -0.25) is 14.5 Å². The maximum absolute atomic E-state index is 13.5. The zero-order valence-electron chi connectivity index (χ0n) is 20.9. The number of imidazole rings is 1. The molecule has 0 radical (unpaired) electrons. The third-order valence-electron chi connectivity index (χ3n) is 6.74. The molecule has 2 heterocycles. The number of carbonyl (C=O) groups excluding carboxylic acids is 2. The smallest absolute Gasteiger partial charge is 0.327 e. The van der Waals surface area contributed by atoms with Gasteiger partial charge in [0.15, 0.2) is 0 Å². The Morgan fingerprint density at radius 1 is 0.875 bits per heavy atom. The van der Waals surface area contributed by atoms with E-state index in [2.05, 4.69) is 10.3 Å². The van der Waals surface area contributed by atoms with Crippen molar-refractivity contribution >= 4 is 52.1 Å². The molecule has 1 aromatic heterocycles. The van der Waals surface area contributed by atoms with Gasteiger partial charge in [0.1, 0.15) is 12.2 Å². The lowest BCUT2D eigenvalue weighted by atomic mass is 10.1. The predicted molar refractivity (Wildman–Crippen MR) is 150 cm³/mol. The molecule has 1 N–H and O–H groups in total. The summed E-state index contributed by atoms with van der Waals surface area (Å²) >= 11 is 0. The van der Waals surface area contributed by atoms with Crippen LogP contribution in [0.1, 0.15) is 17.5 Å². The van der Waals surface area contributed by atoms with E-state index in [0.29, 0.717) is 28.5 Å². The summed E-state index contributed by atoms with van der Waals surface area (Å²) in [6.07, 6.45) is -1.60. The van der Waals surface area contributed by atoms with Crippen LogP contribution in [0.2, 0.25) is 0 Å². The fourth-order valence-corrected chi connectivity index (χ4v) is 4.97. The van der Waals surface area contributed by atoms with Crippen molar-refractivity contribution in [1.29, 1.82) is 0 Å². The fourth-order valence-electron chi connectivity index (χ4n) is 4.97. The summed E-state index contributed by atoms with van der Waals surface area (Å²) in [5, 5.41) is 4.63. The van der Waals surface area contributed by atoms with Gasteiger partial charge in [-0.1, -0.05) is 48.5 Å². The normalized spacial score (nSPS) is 13.4. The van der Waals surface area contributed by atoms with Crippen LogP contribution in [0.5, 0.6) is 0 Å². The number of benzene rings is 4. The number of carbonyl (C=O) groups is 2. The summed E-state index contributed by atoms with van der Waals surface area (Å²) in [5.74, 6) is -0.276. The minimum absolute atomic E-state index is 0. The van der Waals surface area contributed by atoms with Crippen molar-refractivity contribution in [2.75, 3.05) is 10.2 Å². The van der Waals surface area contributed by atoms with Gasteiger partial charge in [-0.15, -0.1) is 12.4 Å². The number of nitrogens with one attached hydrogen (secondary N) is 1. The number of fused-ring (bicyclic) bond motifs is 3. The van der Waals surface area contributed by atoms with Gasteiger partial charge in [-0.2, -0.15) is 13.2 Å². The van der Waals surface area contributed by atoms with Crippen LogP contribution in [0.4, 0.5) is 30.2 Å². The van der Waals surface area contributed by atoms with Crippen molar-refractivity contribution in [3.05, 3.63) is 108 Å². The number of rotatable bonds is 4. The van der Waals surface area contributed by atoms with E-state index in [-0.39, 0.29) is 36.8 Å². The molecule has 0 unspecified atom stereocenters. The van der Waals surface area contributed by atoms with Crippen LogP contribution in [0, 0.1) is 0 Å². The van der Waals surface area contributed by atoms with Gasteiger partial charge in [0.2, 0.25) is 11.8 Å². The number of anilines is 3. The Kier molecular flexibility index (Phi) is 7.08. The quantitative estimate of drug-likeness (QED) is 0.236. The predicted octanol–water partition coefficient (Wildman–Crippen LogP) is 7.20. The Morgan fingerprint density at radius 2 is 1.60 bits per heavy atom. The second-order valence-corrected chi connectivity index (χ2v) is 9.22. The molecule has 1 aliphatic rings. The minimum atomic E-state index is -4.46. The SMILES string of the molecule is Cl.O=C1CC(=O)N(c2ccc(-c3nccn3Cc3ccccc3C(F)(F)F)cc2)c2ccc3ccccc3c2N1. The monoisotopic (exact) mass is 562 g/mol. The summed E-state index contributed by atoms with van der Waals surface area (Å²) in [6, 6.07) is 23.8. The topological polar surface area (TPSA) is 67.2 Å². The van der Waals surface area contributed by atoms with E-state index in [1.54, 1.807) is 47.2 Å². The van der Waals surface area contributed by atoms with Crippen molar-refractivity contribution in [3.8, 4) is 11.4 Å². The summed E-state index contributed by atoms with van der Waals surface area (Å²) in [5.41, 5.74) is 1.79. The van der Waals surface area contributed by atoms with Gasteiger partial charge in [0.05, 0.1) is 16.9 Å². The maximum Gasteiger partial charge on any atom is 0.416 e. The Labute approximate surface area is 233 Å². The lowest BCUT2D eigenvalue weighted by Gasteiger charge is -2.23. The van der Waals surface area contributed by atoms with Gasteiger partial charge in [-0.25, -0.2) is 4.98 Å². The third kappa shape index (κ3) is 4.91. The average Bonchev–Trinajstić information content (AvgIpc) is 3.32. The Balaban J connectivity index is 0.00000323. The van der Waals surface area contributed by atoms with Crippen LogP contribution in [-0.2, 0) is 22.3 Å². The van der Waals surface area contributed by atoms with Crippen LogP contribution in [0.3, 0.4) is 0 Å². The largest absolute Gasteiger partial charge is 0.416 e. The molecule has 4 aromatic carbocycles. The van der Waals surface area contributed by atoms with Gasteiger partial charge in [0.25, 0.3) is 0 Å². The second-order valence-electron chi connectivity index (χ2n) is 9.22. The molecule has 6 rings (SSSR count). The molecule has 0 saturated carbocycles. The first-order chi connectivity index (χ1) is 18.8. The van der Waals surface area contributed by atoms with Crippen LogP contribution >= 0.6 is 12.4 Å². The van der Waals surface area contributed by atoms with Crippen molar-refractivity contribution in [2.24, 2.45) is 0 Å². The van der Waals surface area contributed by atoms with Crippen LogP contribution in [0.25, 0.3) is 22.2 Å². The first-order valence-electron chi connectivity index (χ1n) is 12.2. The van der Waals surface area contributed by atoms with Crippen LogP contribution < -0.4 is 10.2 Å². The average molecular weight is 563 g/mol. The number of aromatic nitrogens is 2. The summed E-state index contributed by atoms with van der Waals surface area (Å²) in [6.45, 7) is -0.00832. The highest BCUT2D eigenvalue weighted by Crippen LogP contribution is 2.40. The molecule has 0 saturated heterocycles. The Morgan fingerprint density at radius 3 is 2.38 bits per heavy atom. The highest BCUT2D eigenvalue weighted by Gasteiger charge is 2.33. The molecule has 0 fully saturated rings. The van der Waals surface area contributed by atoms with Crippen molar-refractivity contribution in [1.82, 2.24) is 9.55 Å². The molecule has 1 aliphatic heterocycles. The van der Waals surface area contributed by atoms with Crippen molar-refractivity contribution in [3.63, 3.8) is 0 Å². The first-order valence-corrected chi connectivity index (χ1v) is 12.2. The summed E-state index contributed by atoms with van der Waals surface area (Å²) in [4.78, 5) is 31.6. The lowest BCUT2D eigenvalue weighted by molar-refractivity contribution is -0.138. The first kappa shape index (κ1) is 27.0.